The van der Waals surface area contributed by atoms with Gasteiger partial charge < -0.3 is 25.2 Å². The van der Waals surface area contributed by atoms with Gasteiger partial charge in [-0.1, -0.05) is 131 Å². The van der Waals surface area contributed by atoms with Crippen LogP contribution in [-0.2, 0) is 32.7 Å². The molecule has 0 rings (SSSR count). The maximum absolute atomic E-state index is 12.3. The van der Waals surface area contributed by atoms with Crippen LogP contribution in [0.5, 0.6) is 0 Å². The lowest BCUT2D eigenvalue weighted by molar-refractivity contribution is -0.147. The highest BCUT2D eigenvalue weighted by Gasteiger charge is 2.28. The second kappa shape index (κ2) is 38.5. The molecule has 0 aliphatic rings. The van der Waals surface area contributed by atoms with Crippen molar-refractivity contribution in [1.29, 1.82) is 0 Å². The molecule has 0 heterocycles. The normalized spacial score (nSPS) is 14.6. The topological polar surface area (TPSA) is 169 Å². The van der Waals surface area contributed by atoms with Crippen LogP contribution >= 0.6 is 7.82 Å². The van der Waals surface area contributed by atoms with Gasteiger partial charge in [0.2, 0.25) is 5.91 Å². The molecule has 0 aliphatic heterocycles. The number of carboxylic acid groups (broad SMARTS) is 1. The maximum Gasteiger partial charge on any atom is 0.472 e. The Morgan fingerprint density at radius 3 is 1.48 bits per heavy atom. The molecule has 0 aromatic carbocycles. The van der Waals surface area contributed by atoms with Crippen molar-refractivity contribution in [3.05, 3.63) is 85.1 Å². The van der Waals surface area contributed by atoms with E-state index in [-0.39, 0.29) is 12.8 Å². The number of aliphatic hydroxyl groups excluding tert-OH is 1. The van der Waals surface area contributed by atoms with Gasteiger partial charge in [0.25, 0.3) is 0 Å². The molecule has 0 saturated heterocycles. The predicted molar refractivity (Wildman–Crippen MR) is 226 cm³/mol. The third-order valence-corrected chi connectivity index (χ3v) is 9.13. The van der Waals surface area contributed by atoms with Crippen molar-refractivity contribution in [2.75, 3.05) is 19.8 Å². The number of carboxylic acids is 1. The van der Waals surface area contributed by atoms with Crippen molar-refractivity contribution in [3.8, 4) is 0 Å². The highest BCUT2D eigenvalue weighted by Crippen LogP contribution is 2.43. The molecule has 0 radical (unpaired) electrons. The molecule has 3 atom stereocenters. The summed E-state index contributed by atoms with van der Waals surface area (Å²) in [5, 5.41) is 21.8. The zero-order chi connectivity index (χ0) is 41.4. The van der Waals surface area contributed by atoms with Crippen molar-refractivity contribution < 1.29 is 47.8 Å². The second-order valence-electron chi connectivity index (χ2n) is 13.4. The Balaban J connectivity index is 4.00. The molecule has 56 heavy (non-hydrogen) atoms. The third kappa shape index (κ3) is 37.6. The molecule has 0 fully saturated rings. The highest BCUT2D eigenvalue weighted by atomic mass is 31.2. The molecule has 0 aromatic heterocycles. The molecule has 12 heteroatoms. The minimum Gasteiger partial charge on any atom is -0.480 e. The summed E-state index contributed by atoms with van der Waals surface area (Å²) in [4.78, 5) is 45.8. The number of rotatable bonds is 37. The lowest BCUT2D eigenvalue weighted by Gasteiger charge is -2.18. The van der Waals surface area contributed by atoms with E-state index in [9.17, 15) is 34.1 Å². The lowest BCUT2D eigenvalue weighted by Crippen LogP contribution is -2.43. The first-order valence-electron chi connectivity index (χ1n) is 20.6. The molecule has 318 valence electrons. The van der Waals surface area contributed by atoms with Gasteiger partial charge in [0.1, 0.15) is 12.7 Å². The van der Waals surface area contributed by atoms with Gasteiger partial charge in [0, 0.05) is 12.8 Å². The maximum atomic E-state index is 12.3. The zero-order valence-corrected chi connectivity index (χ0v) is 35.0. The number of phosphoric ester groups is 1. The van der Waals surface area contributed by atoms with Crippen LogP contribution in [0.1, 0.15) is 142 Å². The molecule has 4 N–H and O–H groups in total. The summed E-state index contributed by atoms with van der Waals surface area (Å²) < 4.78 is 26.8. The van der Waals surface area contributed by atoms with Crippen LogP contribution < -0.4 is 5.32 Å². The van der Waals surface area contributed by atoms with E-state index in [0.717, 1.165) is 89.9 Å². The van der Waals surface area contributed by atoms with E-state index in [4.69, 9.17) is 13.8 Å². The molecular weight excluding hydrogens is 733 g/mol. The fraction of sp³-hybridized carbons (Fsp3) is 0.614. The fourth-order valence-corrected chi connectivity index (χ4v) is 5.80. The van der Waals surface area contributed by atoms with Gasteiger partial charge in [-0.3, -0.25) is 18.6 Å². The number of allylic oxidation sites excluding steroid dienone is 14. The molecule has 0 saturated carbocycles. The summed E-state index contributed by atoms with van der Waals surface area (Å²) >= 11 is 0. The molecule has 1 amide bonds. The van der Waals surface area contributed by atoms with Crippen LogP contribution in [-0.4, -0.2) is 64.9 Å². The Hall–Kier alpha value is -3.34. The average molecular weight is 806 g/mol. The second-order valence-corrected chi connectivity index (χ2v) is 14.9. The number of amides is 1. The summed E-state index contributed by atoms with van der Waals surface area (Å²) in [7, 11) is -4.77. The van der Waals surface area contributed by atoms with Crippen molar-refractivity contribution in [2.24, 2.45) is 0 Å². The van der Waals surface area contributed by atoms with Gasteiger partial charge in [0.15, 0.2) is 6.04 Å². The Kier molecular flexibility index (Phi) is 36.2. The Morgan fingerprint density at radius 1 is 0.571 bits per heavy atom. The predicted octanol–water partition coefficient (Wildman–Crippen LogP) is 10.3. The van der Waals surface area contributed by atoms with Crippen LogP contribution in [0.2, 0.25) is 0 Å². The van der Waals surface area contributed by atoms with Crippen molar-refractivity contribution in [2.45, 2.75) is 154 Å². The van der Waals surface area contributed by atoms with Crippen molar-refractivity contribution in [1.82, 2.24) is 5.32 Å². The zero-order valence-electron chi connectivity index (χ0n) is 34.1. The number of unbranched alkanes of at least 4 members (excludes halogenated alkanes) is 9. The number of nitrogens with one attached hydrogen (secondary N) is 1. The third-order valence-electron chi connectivity index (χ3n) is 8.18. The molecular formula is C44H72NO10P. The number of carbonyl (C=O) groups excluding carboxylic acids is 2. The number of hydrogen-bond donors (Lipinski definition) is 4. The van der Waals surface area contributed by atoms with Gasteiger partial charge in [-0.05, 0) is 83.5 Å². The molecule has 0 aliphatic carbocycles. The molecule has 0 aromatic rings. The standard InChI is InChI=1S/C44H72NO10P/c1-3-5-7-9-11-13-15-17-19-20-22-24-26-28-30-32-34-36-43(48)53-37-40(46)38-54-56(51,52)55-39-41(44(49)50)45-42(47)35-33-31-29-27-25-23-21-18-16-14-12-10-8-6-4-2/h5-8,11-14,17-19,21,25,27,40-41,46H,3-4,9-10,15-16,20,22-24,26,28-39H2,1-2H3,(H,45,47)(H,49,50)(H,51,52)/b7-5-,8-6-,13-11-,14-12-,19-17-,21-18-,27-25-. The number of aliphatic carboxylic acids is 1. The van der Waals surface area contributed by atoms with Gasteiger partial charge in [-0.25, -0.2) is 9.36 Å². The number of ether oxygens (including phenoxy) is 1. The first-order chi connectivity index (χ1) is 27.1. The molecule has 11 nitrogen and oxygen atoms in total. The number of esters is 1. The molecule has 0 bridgehead atoms. The summed E-state index contributed by atoms with van der Waals surface area (Å²) in [5.41, 5.74) is 0. The fourth-order valence-electron chi connectivity index (χ4n) is 5.02. The van der Waals surface area contributed by atoms with E-state index >= 15 is 0 Å². The first kappa shape index (κ1) is 52.7. The first-order valence-corrected chi connectivity index (χ1v) is 22.1. The largest absolute Gasteiger partial charge is 0.480 e. The number of phosphoric acid groups is 1. The van der Waals surface area contributed by atoms with Crippen LogP contribution in [0.3, 0.4) is 0 Å². The smallest absolute Gasteiger partial charge is 0.472 e. The lowest BCUT2D eigenvalue weighted by atomic mass is 10.1. The van der Waals surface area contributed by atoms with E-state index in [1.165, 1.54) is 12.8 Å². The van der Waals surface area contributed by atoms with Crippen LogP contribution in [0.15, 0.2) is 85.1 Å². The van der Waals surface area contributed by atoms with E-state index in [1.807, 2.05) is 6.08 Å². The Bertz CT molecular complexity index is 1270. The highest BCUT2D eigenvalue weighted by molar-refractivity contribution is 7.47. The Labute approximate surface area is 337 Å². The van der Waals surface area contributed by atoms with Crippen LogP contribution in [0, 0.1) is 0 Å². The minimum atomic E-state index is -4.77. The van der Waals surface area contributed by atoms with Crippen molar-refractivity contribution in [3.63, 3.8) is 0 Å². The average Bonchev–Trinajstić information content (AvgIpc) is 3.17. The van der Waals surface area contributed by atoms with Crippen molar-refractivity contribution >= 4 is 25.7 Å². The summed E-state index contributed by atoms with van der Waals surface area (Å²) in [6.45, 7) is 2.30. The Morgan fingerprint density at radius 2 is 0.982 bits per heavy atom. The quantitative estimate of drug-likeness (QED) is 0.0205. The summed E-state index contributed by atoms with van der Waals surface area (Å²) in [5.74, 6) is -2.46. The number of aliphatic hydroxyl groups is 1. The van der Waals surface area contributed by atoms with Gasteiger partial charge >= 0.3 is 19.8 Å². The monoisotopic (exact) mass is 805 g/mol. The van der Waals surface area contributed by atoms with Crippen LogP contribution in [0.25, 0.3) is 0 Å². The summed E-state index contributed by atoms with van der Waals surface area (Å²) in [6.07, 6.45) is 46.1. The van der Waals surface area contributed by atoms with E-state index in [1.54, 1.807) is 0 Å². The van der Waals surface area contributed by atoms with E-state index in [0.29, 0.717) is 12.8 Å². The number of carbonyl (C=O) groups is 3. The van der Waals surface area contributed by atoms with Gasteiger partial charge in [-0.2, -0.15) is 0 Å². The van der Waals surface area contributed by atoms with Crippen LogP contribution in [0.4, 0.5) is 0 Å². The SMILES string of the molecule is CC/C=C\C/C=C\C/C=C\C/C=C\CCCCC(=O)NC(COP(=O)(O)OCC(O)COC(=O)CCCCCCCCC/C=C\C/C=C\C/C=C\CC)C(=O)O. The van der Waals surface area contributed by atoms with E-state index in [2.05, 4.69) is 98.2 Å². The summed E-state index contributed by atoms with van der Waals surface area (Å²) in [6, 6.07) is -1.57. The number of hydrogen-bond acceptors (Lipinski definition) is 8. The van der Waals surface area contributed by atoms with E-state index < -0.39 is 57.6 Å². The van der Waals surface area contributed by atoms with Gasteiger partial charge in [-0.15, -0.1) is 0 Å². The van der Waals surface area contributed by atoms with Gasteiger partial charge in [0.05, 0.1) is 13.2 Å². The minimum absolute atomic E-state index is 0.0879. The molecule has 0 spiro atoms. The molecule has 3 unspecified atom stereocenters.